The molecule has 620 valence electrons. The summed E-state index contributed by atoms with van der Waals surface area (Å²) in [4.78, 5) is 214. The van der Waals surface area contributed by atoms with Gasteiger partial charge in [-0.15, -0.1) is 0 Å². The molecule has 39 nitrogen and oxygen atoms in total. The number of aliphatic carboxylic acids is 1. The zero-order chi connectivity index (χ0) is 83.5. The Morgan fingerprint density at radius 2 is 0.818 bits per heavy atom. The summed E-state index contributed by atoms with van der Waals surface area (Å²) in [5.74, 6) is -16.8. The van der Waals surface area contributed by atoms with E-state index < -0.39 is 205 Å². The predicted octanol–water partition coefficient (Wildman–Crippen LogP) is -5.31. The average Bonchev–Trinajstić information content (AvgIpc) is 0.845. The lowest BCUT2D eigenvalue weighted by Crippen LogP contribution is -2.61. The summed E-state index contributed by atoms with van der Waals surface area (Å²) >= 11 is 0. The van der Waals surface area contributed by atoms with Gasteiger partial charge in [0.15, 0.2) is 11.9 Å². The van der Waals surface area contributed by atoms with Crippen LogP contribution in [0.2, 0.25) is 0 Å². The molecule has 30 N–H and O–H groups in total. The summed E-state index contributed by atoms with van der Waals surface area (Å²) < 4.78 is 0. The van der Waals surface area contributed by atoms with Gasteiger partial charge < -0.3 is 120 Å². The molecule has 14 amide bonds. The number of nitrogens with two attached hydrogens (primary N) is 8. The minimum atomic E-state index is -2.03. The number of hydrogen-bond donors (Lipinski definition) is 22. The third-order valence-corrected chi connectivity index (χ3v) is 17.6. The molecule has 39 heteroatoms. The van der Waals surface area contributed by atoms with Crippen molar-refractivity contribution in [1.29, 1.82) is 0 Å². The molecule has 1 aromatic carbocycles. The van der Waals surface area contributed by atoms with Crippen molar-refractivity contribution >= 4 is 101 Å². The van der Waals surface area contributed by atoms with Crippen LogP contribution in [-0.2, 0) is 78.3 Å². The standard InChI is InChI=1S/C71H124N22O17/c1-11-40(9)56(93-62(103)44(23-16-17-27-72)86-69(110)57(41(10)12-2)92-59(100)43(73)22-18-28-80-70(76)77)68(109)82-35-54(96)83-48(31-38(5)6)63(104)89-50(33-42-20-14-13-15-21-42)65(106)90-51(34-55(97)98)66(107)85-46(25-26-53(74)95)61(102)88-49(32-39(7)8)64(105)91-52(36-94)67(108)84-45(24-19-29-81-71(78)79)60(101)87-47(58(75)99)30-37(3)4/h13-15,20-21,37-41,43-52,56-57,94H,11-12,16-19,22-36,72-73H2,1-10H3,(H2,74,95)(H2,75,99)(H,82,109)(H,83,96)(H,84,108)(H,85,107)(H,86,110)(H,87,101)(H,88,102)(H,89,104)(H,90,106)(H,91,105)(H,92,100)(H,93,103)(H,97,98)(H4,76,77,80)(H4,78,79,81)/t40-,41-,43-,44-,45+,46-,47-,48-,49-,50-,51-,52-,56-,57-/m0/s1. The molecule has 0 radical (unpaired) electrons. The van der Waals surface area contributed by atoms with Crippen molar-refractivity contribution in [3.8, 4) is 0 Å². The molecular weight excluding hydrogens is 1430 g/mol. The molecule has 14 atom stereocenters. The molecule has 0 aliphatic carbocycles. The van der Waals surface area contributed by atoms with Crippen LogP contribution in [-0.4, -0.2) is 216 Å². The zero-order valence-corrected chi connectivity index (χ0v) is 65.1. The van der Waals surface area contributed by atoms with Crippen molar-refractivity contribution in [2.24, 2.45) is 85.4 Å². The number of carbonyl (C=O) groups excluding carboxylic acids is 14. The molecule has 1 aromatic rings. The van der Waals surface area contributed by atoms with E-state index in [2.05, 4.69) is 73.8 Å². The minimum absolute atomic E-state index is 0.0173. The highest BCUT2D eigenvalue weighted by Gasteiger charge is 2.38. The van der Waals surface area contributed by atoms with Gasteiger partial charge in [-0.05, 0) is 112 Å². The summed E-state index contributed by atoms with van der Waals surface area (Å²) in [6, 6.07) is -9.26. The van der Waals surface area contributed by atoms with E-state index >= 15 is 0 Å². The smallest absolute Gasteiger partial charge is 0.305 e. The summed E-state index contributed by atoms with van der Waals surface area (Å²) in [5.41, 5.74) is 45.1. The fraction of sp³-hybridized carbons (Fsp3) is 0.676. The van der Waals surface area contributed by atoms with Gasteiger partial charge >= 0.3 is 5.97 Å². The van der Waals surface area contributed by atoms with E-state index in [0.717, 1.165) is 0 Å². The quantitative estimate of drug-likeness (QED) is 0.0165. The minimum Gasteiger partial charge on any atom is -0.481 e. The number of amides is 14. The number of carboxylic acids is 1. The summed E-state index contributed by atoms with van der Waals surface area (Å²) in [7, 11) is 0. The molecule has 0 unspecified atom stereocenters. The number of aliphatic imine (C=N–C) groups is 2. The first-order chi connectivity index (χ1) is 51.7. The van der Waals surface area contributed by atoms with Gasteiger partial charge in [-0.3, -0.25) is 81.9 Å². The number of benzene rings is 1. The zero-order valence-electron chi connectivity index (χ0n) is 65.1. The van der Waals surface area contributed by atoms with Crippen molar-refractivity contribution < 1.29 is 82.1 Å². The highest BCUT2D eigenvalue weighted by Crippen LogP contribution is 2.16. The highest BCUT2D eigenvalue weighted by atomic mass is 16.4. The number of primary amides is 2. The Hall–Kier alpha value is -10.3. The van der Waals surface area contributed by atoms with E-state index in [0.29, 0.717) is 37.7 Å². The predicted molar refractivity (Wildman–Crippen MR) is 409 cm³/mol. The second kappa shape index (κ2) is 51.9. The lowest BCUT2D eigenvalue weighted by molar-refractivity contribution is -0.141. The molecule has 0 saturated carbocycles. The Balaban J connectivity index is 3.60. The van der Waals surface area contributed by atoms with Crippen LogP contribution in [0.5, 0.6) is 0 Å². The first kappa shape index (κ1) is 97.7. The Morgan fingerprint density at radius 3 is 1.30 bits per heavy atom. The Bertz CT molecular complexity index is 3240. The van der Waals surface area contributed by atoms with E-state index in [1.54, 1.807) is 92.6 Å². The lowest BCUT2D eigenvalue weighted by atomic mass is 9.96. The average molecular weight is 1560 g/mol. The second-order valence-corrected chi connectivity index (χ2v) is 28.6. The number of unbranched alkanes of at least 4 members (excludes halogenated alkanes) is 1. The van der Waals surface area contributed by atoms with E-state index in [4.69, 9.17) is 45.9 Å². The molecule has 0 heterocycles. The van der Waals surface area contributed by atoms with E-state index in [-0.39, 0.29) is 101 Å². The van der Waals surface area contributed by atoms with Crippen molar-refractivity contribution in [3.63, 3.8) is 0 Å². The topological polar surface area (TPSA) is 674 Å². The van der Waals surface area contributed by atoms with Crippen LogP contribution in [0, 0.1) is 29.6 Å². The molecule has 0 aliphatic rings. The van der Waals surface area contributed by atoms with Crippen LogP contribution in [0.1, 0.15) is 171 Å². The van der Waals surface area contributed by atoms with Gasteiger partial charge in [-0.25, -0.2) is 0 Å². The van der Waals surface area contributed by atoms with Gasteiger partial charge in [0.1, 0.15) is 66.5 Å². The molecule has 0 saturated heterocycles. The molecule has 0 fully saturated rings. The van der Waals surface area contributed by atoms with Crippen LogP contribution in [0.4, 0.5) is 0 Å². The van der Waals surface area contributed by atoms with Gasteiger partial charge in [0.05, 0.1) is 25.6 Å². The van der Waals surface area contributed by atoms with Crippen LogP contribution >= 0.6 is 0 Å². The summed E-state index contributed by atoms with van der Waals surface area (Å²) in [6.45, 7) is 16.1. The van der Waals surface area contributed by atoms with E-state index in [1.807, 2.05) is 6.92 Å². The number of rotatable bonds is 55. The molecule has 0 aliphatic heterocycles. The van der Waals surface area contributed by atoms with E-state index in [9.17, 15) is 82.1 Å². The third-order valence-electron chi connectivity index (χ3n) is 17.6. The van der Waals surface area contributed by atoms with E-state index in [1.165, 1.54) is 0 Å². The Kier molecular flexibility index (Phi) is 46.1. The molecule has 0 aromatic heterocycles. The first-order valence-corrected chi connectivity index (χ1v) is 37.3. The van der Waals surface area contributed by atoms with Gasteiger partial charge in [0.25, 0.3) is 0 Å². The van der Waals surface area contributed by atoms with Gasteiger partial charge in [-0.2, -0.15) is 0 Å². The summed E-state index contributed by atoms with van der Waals surface area (Å²) in [6.07, 6.45) is -0.318. The number of carbonyl (C=O) groups is 15. The number of nitrogens with one attached hydrogen (secondary N) is 12. The number of aliphatic hydroxyl groups excluding tert-OH is 1. The van der Waals surface area contributed by atoms with Crippen molar-refractivity contribution in [1.82, 2.24) is 63.8 Å². The number of guanidine groups is 2. The van der Waals surface area contributed by atoms with Crippen molar-refractivity contribution in [2.75, 3.05) is 32.8 Å². The Labute approximate surface area is 642 Å². The highest BCUT2D eigenvalue weighted by molar-refractivity contribution is 6.00. The van der Waals surface area contributed by atoms with Crippen LogP contribution in [0.25, 0.3) is 0 Å². The van der Waals surface area contributed by atoms with Gasteiger partial charge in [0.2, 0.25) is 82.7 Å². The SMILES string of the molecule is CC[C@H](C)[C@H](NC(=O)[C@H](CCCCN)NC(=O)[C@@H](NC(=O)[C@@H](N)CCCN=C(N)N)[C@@H](C)CC)C(=O)NCC(=O)N[C@@H](CC(C)C)C(=O)N[C@@H](Cc1ccccc1)C(=O)N[C@@H](CC(=O)O)C(=O)N[C@@H](CCC(N)=O)C(=O)N[C@@H](CC(C)C)C(=O)N[C@@H](CO)C(=O)N[C@H](CCCN=C(N)N)C(=O)N[C@@H](CC(C)C)C(N)=O. The lowest BCUT2D eigenvalue weighted by Gasteiger charge is -2.29. The van der Waals surface area contributed by atoms with Crippen molar-refractivity contribution in [2.45, 2.75) is 244 Å². The maximum atomic E-state index is 14.6. The monoisotopic (exact) mass is 1560 g/mol. The number of hydrogen-bond acceptors (Lipinski definition) is 20. The second-order valence-electron chi connectivity index (χ2n) is 28.6. The third kappa shape index (κ3) is 39.2. The van der Waals surface area contributed by atoms with Crippen LogP contribution in [0.3, 0.4) is 0 Å². The normalized spacial score (nSPS) is 15.0. The molecule has 110 heavy (non-hydrogen) atoms. The summed E-state index contributed by atoms with van der Waals surface area (Å²) in [5, 5.41) is 50.9. The van der Waals surface area contributed by atoms with Crippen LogP contribution < -0.4 is 110 Å². The van der Waals surface area contributed by atoms with Crippen LogP contribution in [0.15, 0.2) is 40.3 Å². The number of nitrogens with zero attached hydrogens (tertiary/aromatic N) is 2. The number of aliphatic hydroxyl groups is 1. The molecule has 0 bridgehead atoms. The molecule has 0 spiro atoms. The fourth-order valence-electron chi connectivity index (χ4n) is 11.1. The first-order valence-electron chi connectivity index (χ1n) is 37.3. The maximum Gasteiger partial charge on any atom is 0.305 e. The Morgan fingerprint density at radius 1 is 0.427 bits per heavy atom. The fourth-order valence-corrected chi connectivity index (χ4v) is 11.1. The molecule has 1 rings (SSSR count). The van der Waals surface area contributed by atoms with Crippen molar-refractivity contribution in [3.05, 3.63) is 35.9 Å². The largest absolute Gasteiger partial charge is 0.481 e. The van der Waals surface area contributed by atoms with Gasteiger partial charge in [-0.1, -0.05) is 112 Å². The maximum absolute atomic E-state index is 14.6. The molecular formula is C71H124N22O17. The van der Waals surface area contributed by atoms with Gasteiger partial charge in [0, 0.05) is 25.9 Å². The number of carboxylic acid groups (broad SMARTS) is 1.